The molecule has 0 aromatic heterocycles. The Morgan fingerprint density at radius 2 is 2.38 bits per heavy atom. The Kier molecular flexibility index (Phi) is 0.431. The Bertz CT molecular complexity index is 162. The minimum atomic E-state index is 1.04. The van der Waals surface area contributed by atoms with Gasteiger partial charge >= 0.3 is 0 Å². The molecule has 1 aliphatic carbocycles. The van der Waals surface area contributed by atoms with Crippen molar-refractivity contribution in [2.75, 3.05) is 0 Å². The molecule has 3 rings (SSSR count). The average Bonchev–Trinajstić information content (AvgIpc) is 2.34. The number of allylic oxidation sites excluding steroid dienone is 1. The fourth-order valence-electron chi connectivity index (χ4n) is 2.46. The van der Waals surface area contributed by atoms with Crippen molar-refractivity contribution in [3.05, 3.63) is 12.1 Å². The van der Waals surface area contributed by atoms with E-state index < -0.39 is 0 Å². The van der Waals surface area contributed by atoms with Gasteiger partial charge in [-0.3, -0.25) is 0 Å². The van der Waals surface area contributed by atoms with Crippen LogP contribution < -0.4 is 0 Å². The molecule has 8 heavy (non-hydrogen) atoms. The maximum absolute atomic E-state index is 2.42. The van der Waals surface area contributed by atoms with Crippen molar-refractivity contribution in [2.24, 2.45) is 5.92 Å². The smallest absolute Gasteiger partial charge is 0.118 e. The van der Waals surface area contributed by atoms with Crippen molar-refractivity contribution in [3.8, 4) is 0 Å². The fraction of sp³-hybridized carbons (Fsp3) is 0.714. The highest BCUT2D eigenvalue weighted by molar-refractivity contribution is 6.73. The molecule has 3 aliphatic rings. The first-order chi connectivity index (χ1) is 3.95. The Morgan fingerprint density at radius 1 is 1.38 bits per heavy atom. The molecule has 0 bridgehead atoms. The van der Waals surface area contributed by atoms with Crippen molar-refractivity contribution in [2.45, 2.75) is 24.5 Å². The molecule has 0 aromatic rings. The summed E-state index contributed by atoms with van der Waals surface area (Å²) in [6.45, 7) is 1.06. The highest BCUT2D eigenvalue weighted by atomic mass is 14.4. The van der Waals surface area contributed by atoms with Gasteiger partial charge < -0.3 is 0 Å². The van der Waals surface area contributed by atoms with Crippen LogP contribution in [0.1, 0.15) is 12.8 Å². The van der Waals surface area contributed by atoms with Crippen molar-refractivity contribution in [3.63, 3.8) is 0 Å². The number of fused-ring (bicyclic) bond motifs is 3. The summed E-state index contributed by atoms with van der Waals surface area (Å²) in [5.41, 5.74) is 0. The van der Waals surface area contributed by atoms with Gasteiger partial charge in [-0.2, -0.15) is 0 Å². The van der Waals surface area contributed by atoms with Gasteiger partial charge in [0.05, 0.1) is 0 Å². The predicted octanol–water partition coefficient (Wildman–Crippen LogP) is 1.75. The molecule has 0 spiro atoms. The van der Waals surface area contributed by atoms with Crippen LogP contribution in [-0.4, -0.2) is 6.71 Å². The second-order valence-corrected chi connectivity index (χ2v) is 3.52. The highest BCUT2D eigenvalue weighted by Gasteiger charge is 2.55. The van der Waals surface area contributed by atoms with Gasteiger partial charge in [0.1, 0.15) is 0 Å². The SMILES string of the molecule is C1=CC2CC3CC3B12. The largest absolute Gasteiger partial charge is 0.176 e. The van der Waals surface area contributed by atoms with Gasteiger partial charge in [-0.15, -0.1) is 12.1 Å². The van der Waals surface area contributed by atoms with Crippen LogP contribution in [0, 0.1) is 5.92 Å². The molecular weight excluding hydrogens is 94.9 g/mol. The molecule has 2 fully saturated rings. The minimum Gasteiger partial charge on any atom is -0.118 e. The Labute approximate surface area is 50.0 Å². The van der Waals surface area contributed by atoms with Gasteiger partial charge in [0.15, 0.2) is 6.71 Å². The molecule has 0 aromatic carbocycles. The van der Waals surface area contributed by atoms with Gasteiger partial charge in [-0.25, -0.2) is 0 Å². The third kappa shape index (κ3) is 0.258. The van der Waals surface area contributed by atoms with Crippen molar-refractivity contribution in [1.29, 1.82) is 0 Å². The molecule has 0 radical (unpaired) electrons. The third-order valence-electron chi connectivity index (χ3n) is 3.12. The van der Waals surface area contributed by atoms with Crippen LogP contribution in [0.3, 0.4) is 0 Å². The molecule has 3 atom stereocenters. The second-order valence-electron chi connectivity index (χ2n) is 3.52. The first-order valence-electron chi connectivity index (χ1n) is 3.63. The van der Waals surface area contributed by atoms with Crippen LogP contribution >= 0.6 is 0 Å². The van der Waals surface area contributed by atoms with E-state index in [1.165, 1.54) is 12.3 Å². The van der Waals surface area contributed by atoms with E-state index in [1.807, 2.05) is 0 Å². The lowest BCUT2D eigenvalue weighted by molar-refractivity contribution is 0.764. The lowest BCUT2D eigenvalue weighted by atomic mass is 9.33. The summed E-state index contributed by atoms with van der Waals surface area (Å²) < 4.78 is 0. The molecule has 1 heteroatoms. The van der Waals surface area contributed by atoms with Gasteiger partial charge in [-0.1, -0.05) is 18.7 Å². The Hall–Kier alpha value is -0.195. The van der Waals surface area contributed by atoms with E-state index in [2.05, 4.69) is 12.1 Å². The monoisotopic (exact) mass is 104 g/mol. The zero-order valence-electron chi connectivity index (χ0n) is 4.88. The van der Waals surface area contributed by atoms with E-state index in [-0.39, 0.29) is 0 Å². The molecule has 1 saturated carbocycles. The summed E-state index contributed by atoms with van der Waals surface area (Å²) in [6, 6.07) is 0. The van der Waals surface area contributed by atoms with Crippen LogP contribution in [0.2, 0.25) is 11.6 Å². The van der Waals surface area contributed by atoms with Gasteiger partial charge in [0.25, 0.3) is 0 Å². The molecule has 0 N–H and O–H groups in total. The Morgan fingerprint density at radius 3 is 2.75 bits per heavy atom. The molecule has 3 unspecified atom stereocenters. The zero-order valence-corrected chi connectivity index (χ0v) is 4.88. The lowest BCUT2D eigenvalue weighted by Crippen LogP contribution is -2.20. The molecule has 2 heterocycles. The average molecular weight is 104 g/mol. The second kappa shape index (κ2) is 0.918. The predicted molar refractivity (Wildman–Crippen MR) is 35.1 cm³/mol. The standard InChI is InChI=1S/C7H9B/c1-2-8-6(1)3-5-4-7(5)8/h1-2,5-7H,3-4H2. The van der Waals surface area contributed by atoms with E-state index in [0.717, 1.165) is 18.3 Å². The van der Waals surface area contributed by atoms with Crippen molar-refractivity contribution < 1.29 is 0 Å². The summed E-state index contributed by atoms with van der Waals surface area (Å²) in [4.78, 5) is 0. The summed E-state index contributed by atoms with van der Waals surface area (Å²) in [5, 5.41) is 0. The molecule has 0 nitrogen and oxygen atoms in total. The third-order valence-corrected chi connectivity index (χ3v) is 3.12. The first kappa shape index (κ1) is 3.76. The van der Waals surface area contributed by atoms with Crippen LogP contribution in [0.15, 0.2) is 12.1 Å². The van der Waals surface area contributed by atoms with E-state index in [1.54, 1.807) is 6.42 Å². The summed E-state index contributed by atoms with van der Waals surface area (Å²) in [7, 11) is 0. The summed E-state index contributed by atoms with van der Waals surface area (Å²) in [5.74, 6) is 5.78. The lowest BCUT2D eigenvalue weighted by Gasteiger charge is -2.20. The summed E-state index contributed by atoms with van der Waals surface area (Å²) in [6.07, 6.45) is 5.49. The number of hydrogen-bond acceptors (Lipinski definition) is 0. The summed E-state index contributed by atoms with van der Waals surface area (Å²) >= 11 is 0. The maximum Gasteiger partial charge on any atom is 0.176 e. The fourth-order valence-corrected chi connectivity index (χ4v) is 2.46. The van der Waals surface area contributed by atoms with E-state index in [9.17, 15) is 0 Å². The topological polar surface area (TPSA) is 0 Å². The van der Waals surface area contributed by atoms with Crippen LogP contribution in [0.4, 0.5) is 0 Å². The Balaban J connectivity index is 2.02. The molecular formula is C7H9B. The first-order valence-corrected chi connectivity index (χ1v) is 3.63. The van der Waals surface area contributed by atoms with Crippen LogP contribution in [-0.2, 0) is 0 Å². The molecule has 40 valence electrons. The van der Waals surface area contributed by atoms with Crippen molar-refractivity contribution >= 4 is 6.71 Å². The number of hydrogen-bond donors (Lipinski definition) is 0. The number of rotatable bonds is 0. The van der Waals surface area contributed by atoms with E-state index in [4.69, 9.17) is 0 Å². The molecule has 1 saturated heterocycles. The van der Waals surface area contributed by atoms with E-state index in [0.29, 0.717) is 0 Å². The quantitative estimate of drug-likeness (QED) is 0.410. The van der Waals surface area contributed by atoms with Gasteiger partial charge in [0.2, 0.25) is 0 Å². The normalized spacial score (nSPS) is 55.0. The van der Waals surface area contributed by atoms with E-state index >= 15 is 0 Å². The highest BCUT2D eigenvalue weighted by Crippen LogP contribution is 2.64. The van der Waals surface area contributed by atoms with Gasteiger partial charge in [-0.05, 0) is 11.7 Å². The maximum atomic E-state index is 2.42. The molecule has 2 aliphatic heterocycles. The van der Waals surface area contributed by atoms with Gasteiger partial charge in [0, 0.05) is 0 Å². The van der Waals surface area contributed by atoms with Crippen LogP contribution in [0.25, 0.3) is 0 Å². The van der Waals surface area contributed by atoms with Crippen molar-refractivity contribution in [1.82, 2.24) is 0 Å². The zero-order chi connectivity index (χ0) is 5.14. The molecule has 0 amide bonds. The van der Waals surface area contributed by atoms with Crippen LogP contribution in [0.5, 0.6) is 0 Å². The minimum absolute atomic E-state index is 1.04.